The van der Waals surface area contributed by atoms with Gasteiger partial charge in [0.1, 0.15) is 0 Å². The highest BCUT2D eigenvalue weighted by atomic mass is 32.2. The molecule has 0 bridgehead atoms. The summed E-state index contributed by atoms with van der Waals surface area (Å²) in [5, 5.41) is 18.6. The summed E-state index contributed by atoms with van der Waals surface area (Å²) in [6, 6.07) is 0. The highest BCUT2D eigenvalue weighted by Crippen LogP contribution is 2.40. The number of hydrogen-bond acceptors (Lipinski definition) is 7. The highest BCUT2D eigenvalue weighted by Gasteiger charge is 2.45. The third-order valence-corrected chi connectivity index (χ3v) is 5.89. The number of aromatic nitrogens is 2. The molecule has 0 saturated heterocycles. The van der Waals surface area contributed by atoms with Crippen LogP contribution in [0.1, 0.15) is 26.2 Å². The first-order valence-corrected chi connectivity index (χ1v) is 8.39. The molecule has 9 nitrogen and oxygen atoms in total. The van der Waals surface area contributed by atoms with E-state index in [2.05, 4.69) is 20.2 Å². The number of aliphatic carboxylic acids is 1. The Morgan fingerprint density at radius 1 is 1.38 bits per heavy atom. The van der Waals surface area contributed by atoms with Crippen LogP contribution in [0.4, 0.5) is 5.13 Å². The first-order valence-electron chi connectivity index (χ1n) is 6.09. The predicted octanol–water partition coefficient (Wildman–Crippen LogP) is 0.0297. The van der Waals surface area contributed by atoms with Gasteiger partial charge in [-0.25, -0.2) is 13.1 Å². The fourth-order valence-corrected chi connectivity index (χ4v) is 4.00. The SMILES string of the molecule is CC(=O)Nc1nnc(S(=O)(=O)NCC2(C(=O)O)CCC2)s1. The van der Waals surface area contributed by atoms with E-state index in [1.165, 1.54) is 6.92 Å². The average molecular weight is 334 g/mol. The van der Waals surface area contributed by atoms with Gasteiger partial charge in [0.05, 0.1) is 5.41 Å². The van der Waals surface area contributed by atoms with E-state index in [0.29, 0.717) is 24.2 Å². The molecule has 11 heteroatoms. The molecule has 1 aromatic rings. The molecule has 1 aromatic heterocycles. The van der Waals surface area contributed by atoms with Gasteiger partial charge in [0.25, 0.3) is 10.0 Å². The van der Waals surface area contributed by atoms with Crippen molar-refractivity contribution >= 4 is 38.4 Å². The minimum atomic E-state index is -3.94. The van der Waals surface area contributed by atoms with Crippen molar-refractivity contribution in [3.05, 3.63) is 0 Å². The van der Waals surface area contributed by atoms with Gasteiger partial charge in [0.2, 0.25) is 15.4 Å². The molecule has 0 radical (unpaired) electrons. The summed E-state index contributed by atoms with van der Waals surface area (Å²) in [6.07, 6.45) is 1.65. The van der Waals surface area contributed by atoms with Gasteiger partial charge >= 0.3 is 5.97 Å². The number of rotatable bonds is 6. The number of nitrogens with one attached hydrogen (secondary N) is 2. The second-order valence-electron chi connectivity index (χ2n) is 4.82. The summed E-state index contributed by atoms with van der Waals surface area (Å²) in [7, 11) is -3.94. The summed E-state index contributed by atoms with van der Waals surface area (Å²) in [5.41, 5.74) is -1.03. The molecule has 1 saturated carbocycles. The second-order valence-corrected chi connectivity index (χ2v) is 7.74. The molecule has 0 unspecified atom stereocenters. The van der Waals surface area contributed by atoms with Gasteiger partial charge < -0.3 is 10.4 Å². The third kappa shape index (κ3) is 3.36. The summed E-state index contributed by atoms with van der Waals surface area (Å²) in [6.45, 7) is 1.08. The molecule has 1 heterocycles. The van der Waals surface area contributed by atoms with Gasteiger partial charge in [-0.15, -0.1) is 10.2 Å². The molecule has 1 amide bonds. The molecule has 1 fully saturated rings. The lowest BCUT2D eigenvalue weighted by Crippen LogP contribution is -2.47. The van der Waals surface area contributed by atoms with Gasteiger partial charge in [0.15, 0.2) is 0 Å². The molecule has 3 N–H and O–H groups in total. The maximum Gasteiger partial charge on any atom is 0.310 e. The van der Waals surface area contributed by atoms with Gasteiger partial charge in [-0.2, -0.15) is 0 Å². The maximum atomic E-state index is 12.0. The van der Waals surface area contributed by atoms with E-state index in [1.807, 2.05) is 0 Å². The molecular weight excluding hydrogens is 320 g/mol. The quantitative estimate of drug-likeness (QED) is 0.624. The van der Waals surface area contributed by atoms with Crippen LogP contribution in [-0.4, -0.2) is 42.1 Å². The van der Waals surface area contributed by atoms with Crippen molar-refractivity contribution in [2.75, 3.05) is 11.9 Å². The second kappa shape index (κ2) is 5.66. The fourth-order valence-electron chi connectivity index (χ4n) is 1.88. The van der Waals surface area contributed by atoms with E-state index in [0.717, 1.165) is 6.42 Å². The molecule has 21 heavy (non-hydrogen) atoms. The Hall–Kier alpha value is -1.59. The average Bonchev–Trinajstić information content (AvgIpc) is 2.75. The minimum Gasteiger partial charge on any atom is -0.481 e. The smallest absolute Gasteiger partial charge is 0.310 e. The molecule has 1 aliphatic rings. The zero-order valence-corrected chi connectivity index (χ0v) is 12.8. The Bertz CT molecular complexity index is 665. The van der Waals surface area contributed by atoms with Crippen LogP contribution in [0.15, 0.2) is 4.34 Å². The van der Waals surface area contributed by atoms with Crippen molar-refractivity contribution in [2.45, 2.75) is 30.5 Å². The summed E-state index contributed by atoms with van der Waals surface area (Å²) < 4.78 is 26.0. The van der Waals surface area contributed by atoms with Crippen LogP contribution in [0.2, 0.25) is 0 Å². The lowest BCUT2D eigenvalue weighted by atomic mass is 9.69. The monoisotopic (exact) mass is 334 g/mol. The normalized spacial score (nSPS) is 17.0. The minimum absolute atomic E-state index is 0.0690. The zero-order chi connectivity index (χ0) is 15.7. The van der Waals surface area contributed by atoms with Crippen molar-refractivity contribution < 1.29 is 23.1 Å². The summed E-state index contributed by atoms with van der Waals surface area (Å²) in [4.78, 5) is 22.0. The van der Waals surface area contributed by atoms with Crippen LogP contribution in [0.5, 0.6) is 0 Å². The van der Waals surface area contributed by atoms with Crippen LogP contribution in [0, 0.1) is 5.41 Å². The lowest BCUT2D eigenvalue weighted by molar-refractivity contribution is -0.153. The van der Waals surface area contributed by atoms with E-state index in [-0.39, 0.29) is 21.9 Å². The number of carbonyl (C=O) groups excluding carboxylic acids is 1. The van der Waals surface area contributed by atoms with Crippen LogP contribution >= 0.6 is 11.3 Å². The molecule has 116 valence electrons. The number of hydrogen-bond donors (Lipinski definition) is 3. The Morgan fingerprint density at radius 2 is 2.05 bits per heavy atom. The zero-order valence-electron chi connectivity index (χ0n) is 11.1. The Kier molecular flexibility index (Phi) is 4.25. The van der Waals surface area contributed by atoms with Crippen molar-refractivity contribution in [1.29, 1.82) is 0 Å². The summed E-state index contributed by atoms with van der Waals surface area (Å²) >= 11 is 0.701. The van der Waals surface area contributed by atoms with Crippen molar-refractivity contribution in [2.24, 2.45) is 5.41 Å². The molecule has 0 aliphatic heterocycles. The fraction of sp³-hybridized carbons (Fsp3) is 0.600. The van der Waals surface area contributed by atoms with E-state index in [9.17, 15) is 18.0 Å². The number of amides is 1. The van der Waals surface area contributed by atoms with Crippen LogP contribution in [0.25, 0.3) is 0 Å². The lowest BCUT2D eigenvalue weighted by Gasteiger charge is -2.37. The number of sulfonamides is 1. The van der Waals surface area contributed by atoms with Crippen molar-refractivity contribution in [1.82, 2.24) is 14.9 Å². The number of anilines is 1. The molecule has 0 spiro atoms. The highest BCUT2D eigenvalue weighted by molar-refractivity contribution is 7.91. The van der Waals surface area contributed by atoms with E-state index in [1.54, 1.807) is 0 Å². The molecule has 0 atom stereocenters. The van der Waals surface area contributed by atoms with Crippen LogP contribution in [-0.2, 0) is 19.6 Å². The van der Waals surface area contributed by atoms with Gasteiger partial charge in [0, 0.05) is 13.5 Å². The Morgan fingerprint density at radius 3 is 2.52 bits per heavy atom. The summed E-state index contributed by atoms with van der Waals surface area (Å²) in [5.74, 6) is -1.39. The number of carbonyl (C=O) groups is 2. The van der Waals surface area contributed by atoms with Crippen LogP contribution in [0.3, 0.4) is 0 Å². The Labute approximate surface area is 124 Å². The van der Waals surface area contributed by atoms with E-state index < -0.39 is 21.4 Å². The maximum absolute atomic E-state index is 12.0. The number of carboxylic acids is 1. The molecular formula is C10H14N4O5S2. The molecule has 2 rings (SSSR count). The van der Waals surface area contributed by atoms with E-state index >= 15 is 0 Å². The largest absolute Gasteiger partial charge is 0.481 e. The van der Waals surface area contributed by atoms with Gasteiger partial charge in [-0.1, -0.05) is 17.8 Å². The van der Waals surface area contributed by atoms with E-state index in [4.69, 9.17) is 5.11 Å². The van der Waals surface area contributed by atoms with Gasteiger partial charge in [-0.05, 0) is 12.8 Å². The third-order valence-electron chi connectivity index (χ3n) is 3.28. The van der Waals surface area contributed by atoms with Crippen molar-refractivity contribution in [3.63, 3.8) is 0 Å². The molecule has 0 aromatic carbocycles. The first kappa shape index (κ1) is 15.8. The number of nitrogens with zero attached hydrogens (tertiary/aromatic N) is 2. The Balaban J connectivity index is 2.06. The topological polar surface area (TPSA) is 138 Å². The van der Waals surface area contributed by atoms with Crippen LogP contribution < -0.4 is 10.0 Å². The van der Waals surface area contributed by atoms with Gasteiger partial charge in [-0.3, -0.25) is 9.59 Å². The number of carboxylic acid groups (broad SMARTS) is 1. The predicted molar refractivity (Wildman–Crippen MR) is 73.3 cm³/mol. The van der Waals surface area contributed by atoms with Crippen molar-refractivity contribution in [3.8, 4) is 0 Å². The molecule has 1 aliphatic carbocycles. The standard InChI is InChI=1S/C10H14N4O5S2/c1-6(15)12-8-13-14-9(20-8)21(18,19)11-5-10(7(16)17)3-2-4-10/h11H,2-5H2,1H3,(H,16,17)(H,12,13,15). The first-order chi connectivity index (χ1) is 9.75.